The van der Waals surface area contributed by atoms with E-state index in [-0.39, 0.29) is 5.91 Å². The molecule has 0 bridgehead atoms. The van der Waals surface area contributed by atoms with Gasteiger partial charge in [-0.3, -0.25) is 4.79 Å². The van der Waals surface area contributed by atoms with Gasteiger partial charge in [-0.1, -0.05) is 18.2 Å². The average molecular weight is 337 g/mol. The SMILES string of the molecule is COC(=O)c1ccc(C)c(NC(=O)CCc2nc3ccccc3[nH]2)c1. The lowest BCUT2D eigenvalue weighted by atomic mass is 10.1. The van der Waals surface area contributed by atoms with Crippen LogP contribution in [0.4, 0.5) is 5.69 Å². The topological polar surface area (TPSA) is 84.1 Å². The molecule has 0 aliphatic carbocycles. The summed E-state index contributed by atoms with van der Waals surface area (Å²) in [5, 5.41) is 2.85. The van der Waals surface area contributed by atoms with Gasteiger partial charge < -0.3 is 15.0 Å². The van der Waals surface area contributed by atoms with Gasteiger partial charge >= 0.3 is 5.97 Å². The summed E-state index contributed by atoms with van der Waals surface area (Å²) < 4.78 is 4.71. The lowest BCUT2D eigenvalue weighted by Crippen LogP contribution is -2.14. The lowest BCUT2D eigenvalue weighted by molar-refractivity contribution is -0.116. The molecule has 25 heavy (non-hydrogen) atoms. The number of anilines is 1. The number of benzene rings is 2. The first kappa shape index (κ1) is 16.7. The number of hydrogen-bond donors (Lipinski definition) is 2. The predicted molar refractivity (Wildman–Crippen MR) is 95.6 cm³/mol. The first-order chi connectivity index (χ1) is 12.1. The second kappa shape index (κ2) is 7.17. The molecule has 0 aliphatic heterocycles. The Morgan fingerprint density at radius 1 is 1.20 bits per heavy atom. The summed E-state index contributed by atoms with van der Waals surface area (Å²) >= 11 is 0. The second-order valence-corrected chi connectivity index (χ2v) is 5.77. The molecule has 1 amide bonds. The van der Waals surface area contributed by atoms with Crippen molar-refractivity contribution in [1.82, 2.24) is 9.97 Å². The third-order valence-corrected chi connectivity index (χ3v) is 3.96. The first-order valence-electron chi connectivity index (χ1n) is 7.99. The highest BCUT2D eigenvalue weighted by molar-refractivity contribution is 5.95. The molecule has 1 aromatic heterocycles. The van der Waals surface area contributed by atoms with Crippen LogP contribution in [0, 0.1) is 6.92 Å². The minimum atomic E-state index is -0.433. The number of esters is 1. The molecule has 6 heteroatoms. The van der Waals surface area contributed by atoms with Gasteiger partial charge in [0.25, 0.3) is 0 Å². The van der Waals surface area contributed by atoms with Crippen LogP contribution in [0.25, 0.3) is 11.0 Å². The number of rotatable bonds is 5. The maximum Gasteiger partial charge on any atom is 0.337 e. The summed E-state index contributed by atoms with van der Waals surface area (Å²) in [7, 11) is 1.33. The molecule has 3 rings (SSSR count). The summed E-state index contributed by atoms with van der Waals surface area (Å²) in [6.45, 7) is 1.87. The molecule has 0 fully saturated rings. The summed E-state index contributed by atoms with van der Waals surface area (Å²) in [5.41, 5.74) is 3.74. The number of aromatic nitrogens is 2. The van der Waals surface area contributed by atoms with Crippen LogP contribution in [0.15, 0.2) is 42.5 Å². The molecule has 0 saturated heterocycles. The van der Waals surface area contributed by atoms with Crippen molar-refractivity contribution >= 4 is 28.6 Å². The number of amides is 1. The van der Waals surface area contributed by atoms with E-state index in [1.807, 2.05) is 31.2 Å². The fourth-order valence-corrected chi connectivity index (χ4v) is 2.57. The maximum atomic E-state index is 12.2. The van der Waals surface area contributed by atoms with Gasteiger partial charge in [-0.25, -0.2) is 9.78 Å². The Balaban J connectivity index is 1.65. The zero-order chi connectivity index (χ0) is 17.8. The average Bonchev–Trinajstić information content (AvgIpc) is 3.04. The molecule has 0 aliphatic rings. The van der Waals surface area contributed by atoms with Crippen molar-refractivity contribution < 1.29 is 14.3 Å². The van der Waals surface area contributed by atoms with Crippen molar-refractivity contribution in [3.05, 3.63) is 59.4 Å². The largest absolute Gasteiger partial charge is 0.465 e. The van der Waals surface area contributed by atoms with Gasteiger partial charge in [0, 0.05) is 18.5 Å². The third kappa shape index (κ3) is 3.85. The molecule has 6 nitrogen and oxygen atoms in total. The number of H-pyrrole nitrogens is 1. The van der Waals surface area contributed by atoms with Crippen LogP contribution in [0.1, 0.15) is 28.2 Å². The minimum Gasteiger partial charge on any atom is -0.465 e. The number of nitrogens with zero attached hydrogens (tertiary/aromatic N) is 1. The Labute approximate surface area is 145 Å². The Bertz CT molecular complexity index is 898. The molecule has 0 radical (unpaired) electrons. The predicted octanol–water partition coefficient (Wildman–Crippen LogP) is 3.23. The van der Waals surface area contributed by atoms with E-state index in [2.05, 4.69) is 15.3 Å². The molecule has 0 saturated carbocycles. The van der Waals surface area contributed by atoms with E-state index in [1.165, 1.54) is 7.11 Å². The Morgan fingerprint density at radius 3 is 2.76 bits per heavy atom. The van der Waals surface area contributed by atoms with E-state index in [0.717, 1.165) is 22.4 Å². The zero-order valence-corrected chi connectivity index (χ0v) is 14.1. The number of fused-ring (bicyclic) bond motifs is 1. The third-order valence-electron chi connectivity index (χ3n) is 3.96. The fraction of sp³-hybridized carbons (Fsp3) is 0.211. The van der Waals surface area contributed by atoms with E-state index < -0.39 is 5.97 Å². The summed E-state index contributed by atoms with van der Waals surface area (Å²) in [5.74, 6) is 0.208. The first-order valence-corrected chi connectivity index (χ1v) is 7.99. The van der Waals surface area contributed by atoms with Crippen molar-refractivity contribution in [3.63, 3.8) is 0 Å². The number of ether oxygens (including phenoxy) is 1. The molecule has 0 unspecified atom stereocenters. The van der Waals surface area contributed by atoms with Crippen LogP contribution in [-0.2, 0) is 16.0 Å². The van der Waals surface area contributed by atoms with E-state index in [0.29, 0.717) is 24.1 Å². The van der Waals surface area contributed by atoms with Gasteiger partial charge in [0.1, 0.15) is 5.82 Å². The van der Waals surface area contributed by atoms with Crippen molar-refractivity contribution in [1.29, 1.82) is 0 Å². The quantitative estimate of drug-likeness (QED) is 0.700. The highest BCUT2D eigenvalue weighted by atomic mass is 16.5. The van der Waals surface area contributed by atoms with Crippen LogP contribution >= 0.6 is 0 Å². The van der Waals surface area contributed by atoms with Crippen molar-refractivity contribution in [3.8, 4) is 0 Å². The van der Waals surface area contributed by atoms with Crippen molar-refractivity contribution in [2.45, 2.75) is 19.8 Å². The van der Waals surface area contributed by atoms with Crippen molar-refractivity contribution in [2.24, 2.45) is 0 Å². The number of para-hydroxylation sites is 2. The molecular formula is C19H19N3O3. The van der Waals surface area contributed by atoms with E-state index in [9.17, 15) is 9.59 Å². The standard InChI is InChI=1S/C19H19N3O3/c1-12-7-8-13(19(24)25-2)11-16(12)22-18(23)10-9-17-20-14-5-3-4-6-15(14)21-17/h3-8,11H,9-10H2,1-2H3,(H,20,21)(H,22,23). The highest BCUT2D eigenvalue weighted by Gasteiger charge is 2.11. The number of aryl methyl sites for hydroxylation is 2. The Morgan fingerprint density at radius 2 is 2.00 bits per heavy atom. The maximum absolute atomic E-state index is 12.2. The van der Waals surface area contributed by atoms with Crippen LogP contribution in [-0.4, -0.2) is 29.0 Å². The number of carbonyl (C=O) groups excluding carboxylic acids is 2. The normalized spacial score (nSPS) is 10.6. The number of hydrogen-bond acceptors (Lipinski definition) is 4. The van der Waals surface area contributed by atoms with E-state index in [1.54, 1.807) is 18.2 Å². The molecule has 0 atom stereocenters. The summed E-state index contributed by atoms with van der Waals surface area (Å²) in [4.78, 5) is 31.5. The molecule has 2 aromatic carbocycles. The molecule has 3 aromatic rings. The van der Waals surface area contributed by atoms with Gasteiger partial charge in [-0.2, -0.15) is 0 Å². The second-order valence-electron chi connectivity index (χ2n) is 5.77. The van der Waals surface area contributed by atoms with Gasteiger partial charge in [0.05, 0.1) is 23.7 Å². The minimum absolute atomic E-state index is 0.134. The zero-order valence-electron chi connectivity index (χ0n) is 14.1. The number of methoxy groups -OCH3 is 1. The number of nitrogens with one attached hydrogen (secondary N) is 2. The van der Waals surface area contributed by atoms with Crippen molar-refractivity contribution in [2.75, 3.05) is 12.4 Å². The number of carbonyl (C=O) groups is 2. The lowest BCUT2D eigenvalue weighted by Gasteiger charge is -2.09. The van der Waals surface area contributed by atoms with Gasteiger partial charge in [-0.05, 0) is 36.8 Å². The molecule has 0 spiro atoms. The monoisotopic (exact) mass is 337 g/mol. The van der Waals surface area contributed by atoms with Crippen LogP contribution in [0.3, 0.4) is 0 Å². The highest BCUT2D eigenvalue weighted by Crippen LogP contribution is 2.18. The number of aromatic amines is 1. The molecule has 2 N–H and O–H groups in total. The van der Waals surface area contributed by atoms with Crippen LogP contribution < -0.4 is 5.32 Å². The molecular weight excluding hydrogens is 318 g/mol. The number of imidazole rings is 1. The smallest absolute Gasteiger partial charge is 0.337 e. The van der Waals surface area contributed by atoms with Crippen LogP contribution in [0.5, 0.6) is 0 Å². The molecule has 128 valence electrons. The fourth-order valence-electron chi connectivity index (χ4n) is 2.57. The van der Waals surface area contributed by atoms with E-state index in [4.69, 9.17) is 4.74 Å². The Kier molecular flexibility index (Phi) is 4.79. The molecule has 1 heterocycles. The van der Waals surface area contributed by atoms with Gasteiger partial charge in [0.15, 0.2) is 0 Å². The summed E-state index contributed by atoms with van der Waals surface area (Å²) in [6, 6.07) is 12.8. The Hall–Kier alpha value is -3.15. The van der Waals surface area contributed by atoms with E-state index >= 15 is 0 Å². The summed E-state index contributed by atoms with van der Waals surface area (Å²) in [6.07, 6.45) is 0.804. The van der Waals surface area contributed by atoms with Gasteiger partial charge in [0.2, 0.25) is 5.91 Å². The van der Waals surface area contributed by atoms with Crippen LogP contribution in [0.2, 0.25) is 0 Å². The van der Waals surface area contributed by atoms with Gasteiger partial charge in [-0.15, -0.1) is 0 Å².